The van der Waals surface area contributed by atoms with E-state index in [0.717, 1.165) is 11.8 Å². The summed E-state index contributed by atoms with van der Waals surface area (Å²) in [6.07, 6.45) is 2.10. The molecule has 11 heteroatoms. The lowest BCUT2D eigenvalue weighted by molar-refractivity contribution is -0.393. The number of alkyl carbamates (subject to hydrolysis) is 1. The van der Waals surface area contributed by atoms with Gasteiger partial charge in [0.25, 0.3) is 5.69 Å². The van der Waals surface area contributed by atoms with E-state index < -0.39 is 21.6 Å². The number of nitrogens with one attached hydrogen (secondary N) is 2. The van der Waals surface area contributed by atoms with Crippen molar-refractivity contribution in [3.05, 3.63) is 38.4 Å². The summed E-state index contributed by atoms with van der Waals surface area (Å²) in [4.78, 5) is 31.5. The average Bonchev–Trinajstić information content (AvgIpc) is 2.60. The second-order valence-electron chi connectivity index (χ2n) is 5.42. The minimum Gasteiger partial charge on any atom is -0.453 e. The summed E-state index contributed by atoms with van der Waals surface area (Å²) in [6.45, 7) is 0. The van der Waals surface area contributed by atoms with Gasteiger partial charge in [-0.2, -0.15) is 5.10 Å². The summed E-state index contributed by atoms with van der Waals surface area (Å²) in [7, 11) is 1.30. The predicted octanol–water partition coefficient (Wildman–Crippen LogP) is 2.57. The molecule has 1 aromatic rings. The van der Waals surface area contributed by atoms with Gasteiger partial charge in [0, 0.05) is 17.8 Å². The van der Waals surface area contributed by atoms with Crippen LogP contribution in [-0.2, 0) is 4.74 Å². The van der Waals surface area contributed by atoms with E-state index in [2.05, 4.69) is 20.6 Å². The number of carbonyl (C=O) groups excluding carboxylic acids is 1. The Morgan fingerprint density at radius 3 is 2.48 bits per heavy atom. The number of benzene rings is 1. The lowest BCUT2D eigenvalue weighted by atomic mass is 9.94. The van der Waals surface area contributed by atoms with Crippen LogP contribution in [0.1, 0.15) is 25.7 Å². The number of anilines is 1. The number of nitro groups is 2. The molecule has 1 aliphatic carbocycles. The van der Waals surface area contributed by atoms with Crippen molar-refractivity contribution in [3.8, 4) is 0 Å². The zero-order valence-electron chi connectivity index (χ0n) is 13.4. The largest absolute Gasteiger partial charge is 0.453 e. The molecule has 1 amide bonds. The summed E-state index contributed by atoms with van der Waals surface area (Å²) in [6, 6.07) is 3.32. The highest BCUT2D eigenvalue weighted by molar-refractivity contribution is 5.86. The lowest BCUT2D eigenvalue weighted by Gasteiger charge is -2.23. The molecule has 0 saturated heterocycles. The number of methoxy groups -OCH3 is 1. The highest BCUT2D eigenvalue weighted by Crippen LogP contribution is 2.29. The van der Waals surface area contributed by atoms with Crippen LogP contribution in [-0.4, -0.2) is 34.8 Å². The van der Waals surface area contributed by atoms with Crippen LogP contribution in [0.5, 0.6) is 0 Å². The van der Waals surface area contributed by atoms with Gasteiger partial charge in [0.2, 0.25) is 0 Å². The van der Waals surface area contributed by atoms with Gasteiger partial charge in [0.15, 0.2) is 0 Å². The van der Waals surface area contributed by atoms with Crippen LogP contribution >= 0.6 is 0 Å². The highest BCUT2D eigenvalue weighted by atomic mass is 16.6. The maximum atomic E-state index is 11.2. The fourth-order valence-corrected chi connectivity index (χ4v) is 2.45. The zero-order chi connectivity index (χ0) is 18.4. The van der Waals surface area contributed by atoms with Crippen molar-refractivity contribution in [1.29, 1.82) is 0 Å². The predicted molar refractivity (Wildman–Crippen MR) is 88.6 cm³/mol. The van der Waals surface area contributed by atoms with Crippen LogP contribution in [0.2, 0.25) is 0 Å². The van der Waals surface area contributed by atoms with Gasteiger partial charge < -0.3 is 10.1 Å². The maximum absolute atomic E-state index is 11.2. The molecule has 0 aromatic heterocycles. The third kappa shape index (κ3) is 4.86. The van der Waals surface area contributed by atoms with E-state index in [4.69, 9.17) is 0 Å². The van der Waals surface area contributed by atoms with Crippen LogP contribution in [0.15, 0.2) is 23.3 Å². The molecule has 1 fully saturated rings. The van der Waals surface area contributed by atoms with Crippen molar-refractivity contribution < 1.29 is 19.4 Å². The number of carbonyl (C=O) groups is 1. The Labute approximate surface area is 142 Å². The normalized spacial score (nSPS) is 16.7. The number of amides is 1. The Bertz CT molecular complexity index is 710. The summed E-state index contributed by atoms with van der Waals surface area (Å²) < 4.78 is 4.54. The van der Waals surface area contributed by atoms with E-state index in [1.807, 2.05) is 0 Å². The summed E-state index contributed by atoms with van der Waals surface area (Å²) >= 11 is 0. The van der Waals surface area contributed by atoms with Crippen LogP contribution in [0.3, 0.4) is 0 Å². The third-order valence-corrected chi connectivity index (χ3v) is 3.79. The second-order valence-corrected chi connectivity index (χ2v) is 5.42. The molecule has 0 aliphatic heterocycles. The molecule has 134 valence electrons. The molecule has 0 unspecified atom stereocenters. The fourth-order valence-electron chi connectivity index (χ4n) is 2.45. The number of ether oxygens (including phenoxy) is 1. The average molecular weight is 351 g/mol. The van der Waals surface area contributed by atoms with E-state index in [9.17, 15) is 25.0 Å². The zero-order valence-corrected chi connectivity index (χ0v) is 13.4. The number of nitrogens with zero attached hydrogens (tertiary/aromatic N) is 3. The first-order valence-electron chi connectivity index (χ1n) is 7.49. The second kappa shape index (κ2) is 8.04. The van der Waals surface area contributed by atoms with Crippen LogP contribution in [0.25, 0.3) is 0 Å². The summed E-state index contributed by atoms with van der Waals surface area (Å²) in [5.74, 6) is 0. The van der Waals surface area contributed by atoms with Gasteiger partial charge in [-0.15, -0.1) is 0 Å². The van der Waals surface area contributed by atoms with Crippen molar-refractivity contribution in [3.63, 3.8) is 0 Å². The molecule has 1 aliphatic rings. The van der Waals surface area contributed by atoms with Gasteiger partial charge in [-0.1, -0.05) is 0 Å². The van der Waals surface area contributed by atoms with E-state index in [0.29, 0.717) is 25.7 Å². The Balaban J connectivity index is 2.01. The van der Waals surface area contributed by atoms with Crippen molar-refractivity contribution in [1.82, 2.24) is 5.32 Å². The molecule has 0 spiro atoms. The number of rotatable bonds is 5. The number of hydrogen-bond donors (Lipinski definition) is 2. The van der Waals surface area contributed by atoms with Gasteiger partial charge in [-0.3, -0.25) is 25.7 Å². The van der Waals surface area contributed by atoms with Gasteiger partial charge in [-0.05, 0) is 31.7 Å². The SMILES string of the molecule is COC(=O)NC1CCC(=NNc2ccc([N+](=O)[O-])cc2[N+](=O)[O-])CC1. The summed E-state index contributed by atoms with van der Waals surface area (Å²) in [5, 5.41) is 28.6. The standard InChI is InChI=1S/C14H17N5O6/c1-25-14(20)15-9-2-4-10(5-3-9)16-17-12-7-6-11(18(21)22)8-13(12)19(23)24/h6-9,17H,2-5H2,1H3,(H,15,20). The first kappa shape index (κ1) is 18.1. The van der Waals surface area contributed by atoms with Crippen LogP contribution < -0.4 is 10.7 Å². The van der Waals surface area contributed by atoms with E-state index in [1.54, 1.807) is 0 Å². The van der Waals surface area contributed by atoms with Crippen molar-refractivity contribution in [2.45, 2.75) is 31.7 Å². The number of hydrogen-bond acceptors (Lipinski definition) is 8. The van der Waals surface area contributed by atoms with Crippen LogP contribution in [0, 0.1) is 20.2 Å². The van der Waals surface area contributed by atoms with Gasteiger partial charge in [0.1, 0.15) is 5.69 Å². The van der Waals surface area contributed by atoms with Gasteiger partial charge in [0.05, 0.1) is 23.0 Å². The topological polar surface area (TPSA) is 149 Å². The Kier molecular flexibility index (Phi) is 5.82. The van der Waals surface area contributed by atoms with Crippen LogP contribution in [0.4, 0.5) is 21.9 Å². The number of hydrazone groups is 1. The molecular formula is C14H17N5O6. The minimum atomic E-state index is -0.702. The molecule has 1 saturated carbocycles. The van der Waals surface area contributed by atoms with E-state index >= 15 is 0 Å². The number of non-ortho nitro benzene ring substituents is 1. The van der Waals surface area contributed by atoms with Crippen molar-refractivity contribution in [2.24, 2.45) is 5.10 Å². The molecule has 2 N–H and O–H groups in total. The monoisotopic (exact) mass is 351 g/mol. The molecule has 0 bridgehead atoms. The van der Waals surface area contributed by atoms with E-state index in [1.165, 1.54) is 19.2 Å². The molecule has 0 atom stereocenters. The summed E-state index contributed by atoms with van der Waals surface area (Å²) in [5.41, 5.74) is 2.71. The minimum absolute atomic E-state index is 0.000103. The molecule has 0 radical (unpaired) electrons. The molecule has 11 nitrogen and oxygen atoms in total. The van der Waals surface area contributed by atoms with Crippen molar-refractivity contribution in [2.75, 3.05) is 12.5 Å². The molecule has 0 heterocycles. The maximum Gasteiger partial charge on any atom is 0.407 e. The molecular weight excluding hydrogens is 334 g/mol. The Morgan fingerprint density at radius 2 is 1.92 bits per heavy atom. The first-order chi connectivity index (χ1) is 11.9. The number of nitro benzene ring substituents is 2. The third-order valence-electron chi connectivity index (χ3n) is 3.79. The molecule has 2 rings (SSSR count). The smallest absolute Gasteiger partial charge is 0.407 e. The Hall–Kier alpha value is -3.24. The quantitative estimate of drug-likeness (QED) is 0.611. The Morgan fingerprint density at radius 1 is 1.24 bits per heavy atom. The van der Waals surface area contributed by atoms with Gasteiger partial charge in [-0.25, -0.2) is 4.79 Å². The first-order valence-corrected chi connectivity index (χ1v) is 7.49. The highest BCUT2D eigenvalue weighted by Gasteiger charge is 2.21. The molecule has 1 aromatic carbocycles. The fraction of sp³-hybridized carbons (Fsp3) is 0.429. The lowest BCUT2D eigenvalue weighted by Crippen LogP contribution is -2.37. The van der Waals surface area contributed by atoms with Crippen molar-refractivity contribution >= 4 is 28.9 Å². The van der Waals surface area contributed by atoms with E-state index in [-0.39, 0.29) is 17.4 Å². The van der Waals surface area contributed by atoms with Gasteiger partial charge >= 0.3 is 11.8 Å². The molecule has 25 heavy (non-hydrogen) atoms.